The zero-order chi connectivity index (χ0) is 14.9. The molecule has 0 radical (unpaired) electrons. The van der Waals surface area contributed by atoms with Crippen LogP contribution >= 0.6 is 39.3 Å². The Balaban J connectivity index is 2.35. The Morgan fingerprint density at radius 2 is 1.95 bits per heavy atom. The molecule has 0 aliphatic carbocycles. The first-order valence-electron chi connectivity index (χ1n) is 6.34. The number of sulfonamides is 1. The van der Waals surface area contributed by atoms with Crippen LogP contribution in [-0.4, -0.2) is 36.3 Å². The van der Waals surface area contributed by atoms with Crippen molar-refractivity contribution in [2.75, 3.05) is 13.1 Å². The molecule has 112 valence electrons. The molecule has 1 aliphatic rings. The van der Waals surface area contributed by atoms with Gasteiger partial charge in [0.25, 0.3) is 0 Å². The summed E-state index contributed by atoms with van der Waals surface area (Å²) >= 11 is 11.0. The zero-order valence-corrected chi connectivity index (χ0v) is 15.3. The summed E-state index contributed by atoms with van der Waals surface area (Å²) in [6.07, 6.45) is 0. The third kappa shape index (κ3) is 3.53. The molecule has 0 saturated carbocycles. The Hall–Kier alpha value is 0.250. The monoisotopic (exact) mass is 397 g/mol. The van der Waals surface area contributed by atoms with E-state index in [9.17, 15) is 8.42 Å². The van der Waals surface area contributed by atoms with Gasteiger partial charge in [-0.15, -0.1) is 11.6 Å². The van der Waals surface area contributed by atoms with Gasteiger partial charge in [0.15, 0.2) is 0 Å². The standard InChI is InChI=1S/C13H17BrClNO2S2/c1-9-7-16(8-10(2)19-9)20(17,18)13-4-3-11(6-15)5-12(13)14/h3-5,9-10H,6-8H2,1-2H3. The molecule has 1 heterocycles. The summed E-state index contributed by atoms with van der Waals surface area (Å²) in [5, 5.41) is 0.629. The summed E-state index contributed by atoms with van der Waals surface area (Å²) in [5.74, 6) is 0.368. The Bertz CT molecular complexity index is 584. The number of halogens is 2. The van der Waals surface area contributed by atoms with E-state index in [0.717, 1.165) is 5.56 Å². The maximum Gasteiger partial charge on any atom is 0.244 e. The summed E-state index contributed by atoms with van der Waals surface area (Å²) < 4.78 is 27.7. The van der Waals surface area contributed by atoms with Gasteiger partial charge in [0.1, 0.15) is 0 Å². The van der Waals surface area contributed by atoms with Gasteiger partial charge in [-0.05, 0) is 33.6 Å². The summed E-state index contributed by atoms with van der Waals surface area (Å²) in [6.45, 7) is 5.24. The fourth-order valence-electron chi connectivity index (χ4n) is 2.30. The van der Waals surface area contributed by atoms with Crippen molar-refractivity contribution in [3.05, 3.63) is 28.2 Å². The molecule has 1 saturated heterocycles. The molecule has 3 nitrogen and oxygen atoms in total. The molecule has 2 unspecified atom stereocenters. The molecular weight excluding hydrogens is 382 g/mol. The predicted molar refractivity (Wildman–Crippen MR) is 89.0 cm³/mol. The van der Waals surface area contributed by atoms with E-state index in [1.54, 1.807) is 22.5 Å². The van der Waals surface area contributed by atoms with E-state index in [-0.39, 0.29) is 0 Å². The molecule has 1 aromatic carbocycles. The number of hydrogen-bond acceptors (Lipinski definition) is 3. The van der Waals surface area contributed by atoms with Crippen molar-refractivity contribution < 1.29 is 8.42 Å². The van der Waals surface area contributed by atoms with Crippen molar-refractivity contribution in [3.8, 4) is 0 Å². The fourth-order valence-corrected chi connectivity index (χ4v) is 6.69. The van der Waals surface area contributed by atoms with Crippen LogP contribution in [0.15, 0.2) is 27.6 Å². The smallest absolute Gasteiger partial charge is 0.207 e. The highest BCUT2D eigenvalue weighted by molar-refractivity contribution is 9.10. The van der Waals surface area contributed by atoms with Gasteiger partial charge in [-0.1, -0.05) is 19.9 Å². The van der Waals surface area contributed by atoms with Gasteiger partial charge < -0.3 is 0 Å². The van der Waals surface area contributed by atoms with Crippen LogP contribution in [-0.2, 0) is 15.9 Å². The lowest BCUT2D eigenvalue weighted by Gasteiger charge is -2.33. The molecule has 1 aromatic rings. The Labute approximate surface area is 138 Å². The molecule has 1 fully saturated rings. The van der Waals surface area contributed by atoms with Crippen LogP contribution in [0.4, 0.5) is 0 Å². The molecule has 1 aliphatic heterocycles. The van der Waals surface area contributed by atoms with Crippen LogP contribution in [0.2, 0.25) is 0 Å². The molecule has 2 atom stereocenters. The van der Waals surface area contributed by atoms with Crippen LogP contribution in [0.1, 0.15) is 19.4 Å². The summed E-state index contributed by atoms with van der Waals surface area (Å²) in [7, 11) is -3.45. The van der Waals surface area contributed by atoms with Crippen LogP contribution in [0.3, 0.4) is 0 Å². The van der Waals surface area contributed by atoms with E-state index in [2.05, 4.69) is 29.8 Å². The molecule has 0 amide bonds. The van der Waals surface area contributed by atoms with Gasteiger partial charge in [0.05, 0.1) is 4.90 Å². The van der Waals surface area contributed by atoms with Crippen molar-refractivity contribution in [1.82, 2.24) is 4.31 Å². The Kier molecular flexibility index (Phi) is 5.46. The molecule has 20 heavy (non-hydrogen) atoms. The molecule has 2 rings (SSSR count). The van der Waals surface area contributed by atoms with Crippen molar-refractivity contribution in [1.29, 1.82) is 0 Å². The first-order chi connectivity index (χ1) is 9.34. The number of hydrogen-bond donors (Lipinski definition) is 0. The van der Waals surface area contributed by atoms with Gasteiger partial charge in [-0.3, -0.25) is 0 Å². The third-order valence-electron chi connectivity index (χ3n) is 3.15. The second-order valence-electron chi connectivity index (χ2n) is 4.98. The van der Waals surface area contributed by atoms with Gasteiger partial charge >= 0.3 is 0 Å². The minimum Gasteiger partial charge on any atom is -0.207 e. The molecule has 0 bridgehead atoms. The van der Waals surface area contributed by atoms with Crippen molar-refractivity contribution in [2.24, 2.45) is 0 Å². The number of nitrogens with zero attached hydrogens (tertiary/aromatic N) is 1. The summed E-state index contributed by atoms with van der Waals surface area (Å²) in [4.78, 5) is 0.317. The molecule has 0 spiro atoms. The molecule has 0 N–H and O–H groups in total. The summed E-state index contributed by atoms with van der Waals surface area (Å²) in [6, 6.07) is 5.16. The zero-order valence-electron chi connectivity index (χ0n) is 11.3. The van der Waals surface area contributed by atoms with Crippen molar-refractivity contribution in [2.45, 2.75) is 35.1 Å². The first-order valence-corrected chi connectivity index (χ1v) is 10.1. The van der Waals surface area contributed by atoms with E-state index in [1.165, 1.54) is 0 Å². The van der Waals surface area contributed by atoms with Gasteiger partial charge in [0.2, 0.25) is 10.0 Å². The number of alkyl halides is 1. The maximum atomic E-state index is 12.8. The molecule has 0 aromatic heterocycles. The van der Waals surface area contributed by atoms with E-state index < -0.39 is 10.0 Å². The highest BCUT2D eigenvalue weighted by Gasteiger charge is 2.33. The van der Waals surface area contributed by atoms with Crippen molar-refractivity contribution >= 4 is 49.3 Å². The van der Waals surface area contributed by atoms with E-state index in [0.29, 0.717) is 38.8 Å². The van der Waals surface area contributed by atoms with E-state index in [1.807, 2.05) is 11.8 Å². The lowest BCUT2D eigenvalue weighted by Crippen LogP contribution is -2.44. The Morgan fingerprint density at radius 3 is 2.45 bits per heavy atom. The minimum absolute atomic E-state index is 0.314. The highest BCUT2D eigenvalue weighted by Crippen LogP contribution is 2.32. The van der Waals surface area contributed by atoms with Crippen LogP contribution in [0.25, 0.3) is 0 Å². The lowest BCUT2D eigenvalue weighted by atomic mass is 10.2. The average molecular weight is 399 g/mol. The van der Waals surface area contributed by atoms with Crippen LogP contribution < -0.4 is 0 Å². The third-order valence-corrected chi connectivity index (χ3v) is 7.50. The maximum absolute atomic E-state index is 12.8. The summed E-state index contributed by atoms with van der Waals surface area (Å²) in [5.41, 5.74) is 0.897. The second-order valence-corrected chi connectivity index (χ2v) is 9.89. The molecular formula is C13H17BrClNO2S2. The minimum atomic E-state index is -3.45. The van der Waals surface area contributed by atoms with E-state index >= 15 is 0 Å². The van der Waals surface area contributed by atoms with Crippen molar-refractivity contribution in [3.63, 3.8) is 0 Å². The highest BCUT2D eigenvalue weighted by atomic mass is 79.9. The number of rotatable bonds is 3. The average Bonchev–Trinajstić information content (AvgIpc) is 2.37. The molecule has 7 heteroatoms. The van der Waals surface area contributed by atoms with E-state index in [4.69, 9.17) is 11.6 Å². The van der Waals surface area contributed by atoms with Gasteiger partial charge in [0, 0.05) is 33.9 Å². The first kappa shape index (κ1) is 16.6. The van der Waals surface area contributed by atoms with Gasteiger partial charge in [-0.2, -0.15) is 16.1 Å². The largest absolute Gasteiger partial charge is 0.244 e. The number of thioether (sulfide) groups is 1. The SMILES string of the molecule is CC1CN(S(=O)(=O)c2ccc(CCl)cc2Br)CC(C)S1. The van der Waals surface area contributed by atoms with Crippen LogP contribution in [0, 0.1) is 0 Å². The van der Waals surface area contributed by atoms with Crippen LogP contribution in [0.5, 0.6) is 0 Å². The Morgan fingerprint density at radius 1 is 1.35 bits per heavy atom. The number of benzene rings is 1. The topological polar surface area (TPSA) is 37.4 Å². The fraction of sp³-hybridized carbons (Fsp3) is 0.538. The second kappa shape index (κ2) is 6.57. The normalized spacial score (nSPS) is 24.8. The predicted octanol–water partition coefficient (Wildman–Crippen LogP) is 3.70. The quantitative estimate of drug-likeness (QED) is 0.729. The van der Waals surface area contributed by atoms with Gasteiger partial charge in [-0.25, -0.2) is 8.42 Å². The lowest BCUT2D eigenvalue weighted by molar-refractivity contribution is 0.404.